The van der Waals surface area contributed by atoms with E-state index < -0.39 is 7.11 Å². The van der Waals surface area contributed by atoms with Crippen molar-refractivity contribution in [2.75, 3.05) is 14.2 Å². The Labute approximate surface area is 186 Å². The predicted octanol–water partition coefficient (Wildman–Crippen LogP) is 6.15. The minimum atomic E-state index is -4.62. The van der Waals surface area contributed by atoms with Gasteiger partial charge in [0.05, 0.1) is 31.1 Å². The SMILES string of the molecule is COc1ccc(C2=[O+][B-](F)(F)OC(c3ccc(OC)cc3)=C3C=C(C(C)(C)C)C=C23)cc1. The molecule has 2 aromatic carbocycles. The van der Waals surface area contributed by atoms with Gasteiger partial charge in [-0.05, 0) is 71.7 Å². The molecule has 2 aromatic rings. The summed E-state index contributed by atoms with van der Waals surface area (Å²) >= 11 is 0. The molecule has 1 aliphatic heterocycles. The summed E-state index contributed by atoms with van der Waals surface area (Å²) < 4.78 is 50.8. The van der Waals surface area contributed by atoms with Crippen LogP contribution in [-0.2, 0) is 4.65 Å². The van der Waals surface area contributed by atoms with Gasteiger partial charge in [0.2, 0.25) is 0 Å². The lowest BCUT2D eigenvalue weighted by molar-refractivity contribution is -0.179. The van der Waals surface area contributed by atoms with Crippen LogP contribution < -0.4 is 9.47 Å². The molecule has 0 bridgehead atoms. The fourth-order valence-corrected chi connectivity index (χ4v) is 3.67. The number of allylic oxidation sites excluding steroid dienone is 5. The first kappa shape index (κ1) is 21.9. The van der Waals surface area contributed by atoms with Gasteiger partial charge in [-0.3, -0.25) is 0 Å². The van der Waals surface area contributed by atoms with E-state index in [9.17, 15) is 8.63 Å². The topological polar surface area (TPSA) is 39.0 Å². The molecule has 0 saturated carbocycles. The van der Waals surface area contributed by atoms with E-state index in [1.54, 1.807) is 62.8 Å². The minimum absolute atomic E-state index is 0.0756. The Morgan fingerprint density at radius 2 is 1.34 bits per heavy atom. The predicted molar refractivity (Wildman–Crippen MR) is 122 cm³/mol. The Kier molecular flexibility index (Phi) is 5.45. The fraction of sp³-hybridized carbons (Fsp3) is 0.240. The molecule has 0 aromatic heterocycles. The molecule has 0 unspecified atom stereocenters. The van der Waals surface area contributed by atoms with Crippen LogP contribution in [0.5, 0.6) is 11.5 Å². The Morgan fingerprint density at radius 1 is 0.812 bits per heavy atom. The zero-order valence-corrected chi connectivity index (χ0v) is 18.7. The van der Waals surface area contributed by atoms with Crippen molar-refractivity contribution in [3.8, 4) is 11.5 Å². The number of benzene rings is 2. The van der Waals surface area contributed by atoms with Crippen LogP contribution in [0.15, 0.2) is 77.4 Å². The number of hydrogen-bond donors (Lipinski definition) is 0. The van der Waals surface area contributed by atoms with E-state index in [1.807, 2.05) is 12.2 Å². The van der Waals surface area contributed by atoms with Gasteiger partial charge >= 0.3 is 7.11 Å². The zero-order chi connectivity index (χ0) is 23.1. The molecule has 2 aliphatic rings. The van der Waals surface area contributed by atoms with Gasteiger partial charge in [0.25, 0.3) is 5.78 Å². The molecule has 0 spiro atoms. The zero-order valence-electron chi connectivity index (χ0n) is 18.7. The molecule has 4 rings (SSSR count). The van der Waals surface area contributed by atoms with E-state index in [2.05, 4.69) is 20.8 Å². The molecule has 1 aliphatic carbocycles. The van der Waals surface area contributed by atoms with Crippen molar-refractivity contribution in [2.24, 2.45) is 5.41 Å². The van der Waals surface area contributed by atoms with Crippen LogP contribution in [0.3, 0.4) is 0 Å². The Hall–Kier alpha value is -3.35. The summed E-state index contributed by atoms with van der Waals surface area (Å²) in [7, 11) is -1.51. The maximum absolute atomic E-state index is 14.9. The van der Waals surface area contributed by atoms with E-state index in [-0.39, 0.29) is 17.0 Å². The normalized spacial score (nSPS) is 17.5. The van der Waals surface area contributed by atoms with Gasteiger partial charge in [-0.1, -0.05) is 20.8 Å². The molecular weight excluding hydrogens is 413 g/mol. The third-order valence-electron chi connectivity index (χ3n) is 5.46. The molecule has 0 atom stereocenters. The highest BCUT2D eigenvalue weighted by molar-refractivity contribution is 6.52. The van der Waals surface area contributed by atoms with Crippen molar-refractivity contribution in [2.45, 2.75) is 20.8 Å². The van der Waals surface area contributed by atoms with E-state index in [4.69, 9.17) is 18.5 Å². The molecule has 7 heteroatoms. The van der Waals surface area contributed by atoms with Crippen LogP contribution in [0.4, 0.5) is 8.63 Å². The summed E-state index contributed by atoms with van der Waals surface area (Å²) in [4.78, 5) is 0. The largest absolute Gasteiger partial charge is 0.995 e. The molecule has 0 radical (unpaired) electrons. The summed E-state index contributed by atoms with van der Waals surface area (Å²) in [5.41, 5.74) is 2.94. The lowest BCUT2D eigenvalue weighted by Crippen LogP contribution is -2.26. The van der Waals surface area contributed by atoms with Crippen LogP contribution in [0.1, 0.15) is 36.2 Å². The molecule has 1 heterocycles. The van der Waals surface area contributed by atoms with E-state index in [0.717, 1.165) is 5.57 Å². The van der Waals surface area contributed by atoms with E-state index >= 15 is 0 Å². The maximum atomic E-state index is 14.9. The van der Waals surface area contributed by atoms with Crippen LogP contribution in [0.2, 0.25) is 0 Å². The summed E-state index contributed by atoms with van der Waals surface area (Å²) in [6, 6.07) is 13.7. The van der Waals surface area contributed by atoms with Crippen molar-refractivity contribution in [3.05, 3.63) is 88.5 Å². The second kappa shape index (κ2) is 7.97. The number of ether oxygens (including phenoxy) is 2. The first-order valence-electron chi connectivity index (χ1n) is 10.3. The highest BCUT2D eigenvalue weighted by Gasteiger charge is 2.54. The van der Waals surface area contributed by atoms with Gasteiger partial charge in [0, 0.05) is 11.1 Å². The van der Waals surface area contributed by atoms with Gasteiger partial charge in [-0.2, -0.15) is 0 Å². The minimum Gasteiger partial charge on any atom is -0.569 e. The molecule has 0 amide bonds. The highest BCUT2D eigenvalue weighted by atomic mass is 19.3. The number of methoxy groups -OCH3 is 2. The third kappa shape index (κ3) is 4.20. The lowest BCUT2D eigenvalue weighted by Gasteiger charge is -2.19. The third-order valence-corrected chi connectivity index (χ3v) is 5.46. The second-order valence-electron chi connectivity index (χ2n) is 8.71. The van der Waals surface area contributed by atoms with Gasteiger partial charge < -0.3 is 27.1 Å². The Morgan fingerprint density at radius 3 is 1.84 bits per heavy atom. The Balaban J connectivity index is 1.93. The smallest absolute Gasteiger partial charge is 0.569 e. The van der Waals surface area contributed by atoms with E-state index in [1.165, 1.54) is 0 Å². The summed E-state index contributed by atoms with van der Waals surface area (Å²) in [6.45, 7) is 6.21. The van der Waals surface area contributed by atoms with Crippen molar-refractivity contribution < 1.29 is 27.1 Å². The standard InChI is InChI=1S/C25H25BF2O4/c1-25(2,3)18-14-21-22(15-18)24(17-8-12-20(30-5)13-9-17)32-26(27,28)31-23(21)16-6-10-19(29-4)11-7-16/h6-15H,1-5H3. The average molecular weight is 438 g/mol. The highest BCUT2D eigenvalue weighted by Crippen LogP contribution is 2.43. The summed E-state index contributed by atoms with van der Waals surface area (Å²) in [5.74, 6) is 1.40. The molecular formula is C25H25BF2O4. The van der Waals surface area contributed by atoms with Gasteiger partial charge in [0.1, 0.15) is 11.5 Å². The van der Waals surface area contributed by atoms with E-state index in [0.29, 0.717) is 33.8 Å². The fourth-order valence-electron chi connectivity index (χ4n) is 3.67. The monoisotopic (exact) mass is 438 g/mol. The van der Waals surface area contributed by atoms with Crippen molar-refractivity contribution in [3.63, 3.8) is 0 Å². The molecule has 4 nitrogen and oxygen atoms in total. The summed E-state index contributed by atoms with van der Waals surface area (Å²) in [5, 5.41) is 0. The molecule has 0 saturated heterocycles. The quantitative estimate of drug-likeness (QED) is 0.425. The number of fused-ring (bicyclic) bond motifs is 1. The van der Waals surface area contributed by atoms with Crippen molar-refractivity contribution >= 4 is 18.6 Å². The van der Waals surface area contributed by atoms with Crippen molar-refractivity contribution in [1.82, 2.24) is 0 Å². The van der Waals surface area contributed by atoms with Crippen molar-refractivity contribution in [1.29, 1.82) is 0 Å². The van der Waals surface area contributed by atoms with Gasteiger partial charge in [0.15, 0.2) is 0 Å². The van der Waals surface area contributed by atoms with Gasteiger partial charge in [-0.25, -0.2) is 0 Å². The molecule has 166 valence electrons. The first-order chi connectivity index (χ1) is 15.1. The number of halogens is 2. The number of ketones is 1. The average Bonchev–Trinajstić information content (AvgIpc) is 3.18. The lowest BCUT2D eigenvalue weighted by atomic mass is 9.87. The number of carbonyl (C=O) groups excluding carboxylic acids is 1. The van der Waals surface area contributed by atoms with Crippen LogP contribution in [-0.4, -0.2) is 27.1 Å². The van der Waals surface area contributed by atoms with Gasteiger partial charge in [-0.15, -0.1) is 0 Å². The number of rotatable bonds is 4. The maximum Gasteiger partial charge on any atom is 0.995 e. The summed E-state index contributed by atoms with van der Waals surface area (Å²) in [6.07, 6.45) is 3.80. The second-order valence-corrected chi connectivity index (χ2v) is 8.71. The van der Waals surface area contributed by atoms with Crippen LogP contribution in [0.25, 0.3) is 5.76 Å². The number of hydrogen-bond acceptors (Lipinski definition) is 3. The molecule has 0 fully saturated rings. The molecule has 0 N–H and O–H groups in total. The van der Waals surface area contributed by atoms with Crippen LogP contribution >= 0.6 is 0 Å². The Bertz CT molecular complexity index is 1150. The van der Waals surface area contributed by atoms with Crippen LogP contribution in [0, 0.1) is 5.41 Å². The first-order valence-corrected chi connectivity index (χ1v) is 10.3. The molecule has 32 heavy (non-hydrogen) atoms.